The lowest BCUT2D eigenvalue weighted by Gasteiger charge is -2.02. The SMILES string of the molecule is C=C(C)c1cnn(-c2ccc(CN)cc2)c1. The van der Waals surface area contributed by atoms with E-state index in [0.717, 1.165) is 22.4 Å². The van der Waals surface area contributed by atoms with Crippen LogP contribution >= 0.6 is 0 Å². The highest BCUT2D eigenvalue weighted by molar-refractivity contribution is 5.60. The molecule has 16 heavy (non-hydrogen) atoms. The van der Waals surface area contributed by atoms with E-state index < -0.39 is 0 Å². The van der Waals surface area contributed by atoms with Crippen LogP contribution in [0.15, 0.2) is 43.2 Å². The van der Waals surface area contributed by atoms with Crippen LogP contribution in [0.1, 0.15) is 18.1 Å². The summed E-state index contributed by atoms with van der Waals surface area (Å²) in [6, 6.07) is 8.05. The first-order valence-electron chi connectivity index (χ1n) is 5.20. The number of hydrogen-bond donors (Lipinski definition) is 1. The van der Waals surface area contributed by atoms with Crippen LogP contribution in [0.25, 0.3) is 11.3 Å². The minimum absolute atomic E-state index is 0.566. The molecule has 1 aromatic heterocycles. The van der Waals surface area contributed by atoms with E-state index in [1.54, 1.807) is 0 Å². The van der Waals surface area contributed by atoms with Gasteiger partial charge in [0.1, 0.15) is 0 Å². The molecular weight excluding hydrogens is 198 g/mol. The van der Waals surface area contributed by atoms with Gasteiger partial charge in [-0.25, -0.2) is 4.68 Å². The molecule has 1 heterocycles. The Hall–Kier alpha value is -1.87. The first-order valence-corrected chi connectivity index (χ1v) is 5.20. The zero-order chi connectivity index (χ0) is 11.5. The molecule has 0 saturated carbocycles. The summed E-state index contributed by atoms with van der Waals surface area (Å²) in [5, 5.41) is 4.29. The van der Waals surface area contributed by atoms with Gasteiger partial charge in [-0.1, -0.05) is 18.7 Å². The molecule has 0 atom stereocenters. The van der Waals surface area contributed by atoms with Crippen molar-refractivity contribution in [2.75, 3.05) is 0 Å². The molecule has 0 aliphatic rings. The fourth-order valence-electron chi connectivity index (χ4n) is 1.47. The number of aromatic nitrogens is 2. The van der Waals surface area contributed by atoms with Crippen LogP contribution in [0, 0.1) is 0 Å². The molecule has 0 spiro atoms. The zero-order valence-electron chi connectivity index (χ0n) is 9.35. The summed E-state index contributed by atoms with van der Waals surface area (Å²) in [7, 11) is 0. The predicted octanol–water partition coefficient (Wildman–Crippen LogP) is 2.36. The number of hydrogen-bond acceptors (Lipinski definition) is 2. The Kier molecular flexibility index (Phi) is 2.88. The standard InChI is InChI=1S/C13H15N3/c1-10(2)12-8-15-16(9-12)13-5-3-11(7-14)4-6-13/h3-6,8-9H,1,7,14H2,2H3. The van der Waals surface area contributed by atoms with Crippen molar-refractivity contribution in [3.8, 4) is 5.69 Å². The van der Waals surface area contributed by atoms with Crippen LogP contribution in [-0.2, 0) is 6.54 Å². The van der Waals surface area contributed by atoms with Gasteiger partial charge in [0.05, 0.1) is 11.9 Å². The molecule has 0 aliphatic heterocycles. The lowest BCUT2D eigenvalue weighted by Crippen LogP contribution is -1.98. The van der Waals surface area contributed by atoms with Crippen LogP contribution in [0.2, 0.25) is 0 Å². The fourth-order valence-corrected chi connectivity index (χ4v) is 1.47. The van der Waals surface area contributed by atoms with E-state index >= 15 is 0 Å². The van der Waals surface area contributed by atoms with Crippen molar-refractivity contribution in [3.05, 3.63) is 54.4 Å². The summed E-state index contributed by atoms with van der Waals surface area (Å²) in [5.41, 5.74) is 9.78. The Balaban J connectivity index is 2.31. The fraction of sp³-hybridized carbons (Fsp3) is 0.154. The molecule has 82 valence electrons. The summed E-state index contributed by atoms with van der Waals surface area (Å²) in [6.07, 6.45) is 3.79. The lowest BCUT2D eigenvalue weighted by molar-refractivity contribution is 0.878. The van der Waals surface area contributed by atoms with E-state index in [4.69, 9.17) is 5.73 Å². The van der Waals surface area contributed by atoms with E-state index in [9.17, 15) is 0 Å². The van der Waals surface area contributed by atoms with Crippen molar-refractivity contribution in [3.63, 3.8) is 0 Å². The molecule has 0 unspecified atom stereocenters. The molecule has 0 bridgehead atoms. The van der Waals surface area contributed by atoms with Crippen LogP contribution in [-0.4, -0.2) is 9.78 Å². The Morgan fingerprint density at radius 1 is 1.38 bits per heavy atom. The molecule has 0 saturated heterocycles. The Labute approximate surface area is 95.2 Å². The summed E-state index contributed by atoms with van der Waals surface area (Å²) in [4.78, 5) is 0. The first kappa shape index (κ1) is 10.6. The first-order chi connectivity index (χ1) is 7.70. The third-order valence-electron chi connectivity index (χ3n) is 2.51. The van der Waals surface area contributed by atoms with E-state index in [2.05, 4.69) is 11.7 Å². The van der Waals surface area contributed by atoms with Gasteiger partial charge in [0.2, 0.25) is 0 Å². The molecular formula is C13H15N3. The summed E-state index contributed by atoms with van der Waals surface area (Å²) >= 11 is 0. The van der Waals surface area contributed by atoms with Crippen molar-refractivity contribution in [2.45, 2.75) is 13.5 Å². The number of rotatable bonds is 3. The molecule has 1 aromatic carbocycles. The zero-order valence-corrected chi connectivity index (χ0v) is 9.35. The maximum Gasteiger partial charge on any atom is 0.0646 e. The van der Waals surface area contributed by atoms with Gasteiger partial charge < -0.3 is 5.73 Å². The van der Waals surface area contributed by atoms with Gasteiger partial charge >= 0.3 is 0 Å². The molecule has 3 nitrogen and oxygen atoms in total. The maximum absolute atomic E-state index is 5.55. The van der Waals surface area contributed by atoms with Gasteiger partial charge in [-0.05, 0) is 30.2 Å². The van der Waals surface area contributed by atoms with Gasteiger partial charge in [-0.3, -0.25) is 0 Å². The molecule has 2 N–H and O–H groups in total. The predicted molar refractivity (Wildman–Crippen MR) is 66.2 cm³/mol. The molecule has 3 heteroatoms. The quantitative estimate of drug-likeness (QED) is 0.850. The largest absolute Gasteiger partial charge is 0.326 e. The topological polar surface area (TPSA) is 43.8 Å². The highest BCUT2D eigenvalue weighted by Gasteiger charge is 2.01. The molecule has 2 aromatic rings. The monoisotopic (exact) mass is 213 g/mol. The number of allylic oxidation sites excluding steroid dienone is 1. The average molecular weight is 213 g/mol. The third-order valence-corrected chi connectivity index (χ3v) is 2.51. The Morgan fingerprint density at radius 2 is 2.06 bits per heavy atom. The van der Waals surface area contributed by atoms with Crippen molar-refractivity contribution in [1.29, 1.82) is 0 Å². The normalized spacial score (nSPS) is 10.4. The summed E-state index contributed by atoms with van der Waals surface area (Å²) in [6.45, 7) is 6.43. The van der Waals surface area contributed by atoms with Crippen molar-refractivity contribution in [2.24, 2.45) is 5.73 Å². The lowest BCUT2D eigenvalue weighted by atomic mass is 10.2. The van der Waals surface area contributed by atoms with Gasteiger partial charge in [-0.2, -0.15) is 5.10 Å². The van der Waals surface area contributed by atoms with Gasteiger partial charge in [-0.15, -0.1) is 0 Å². The summed E-state index contributed by atoms with van der Waals surface area (Å²) < 4.78 is 1.84. The van der Waals surface area contributed by atoms with E-state index in [1.165, 1.54) is 0 Å². The second kappa shape index (κ2) is 4.33. The van der Waals surface area contributed by atoms with E-state index in [0.29, 0.717) is 6.54 Å². The molecule has 0 amide bonds. The van der Waals surface area contributed by atoms with Crippen LogP contribution in [0.3, 0.4) is 0 Å². The third kappa shape index (κ3) is 2.04. The number of nitrogens with two attached hydrogens (primary N) is 1. The molecule has 0 fully saturated rings. The molecule has 0 aliphatic carbocycles. The molecule has 0 radical (unpaired) electrons. The van der Waals surface area contributed by atoms with Crippen molar-refractivity contribution >= 4 is 5.57 Å². The van der Waals surface area contributed by atoms with Gasteiger partial charge in [0, 0.05) is 18.3 Å². The van der Waals surface area contributed by atoms with Crippen LogP contribution in [0.4, 0.5) is 0 Å². The number of nitrogens with zero attached hydrogens (tertiary/aromatic N) is 2. The maximum atomic E-state index is 5.55. The highest BCUT2D eigenvalue weighted by atomic mass is 15.3. The smallest absolute Gasteiger partial charge is 0.0646 e. The van der Waals surface area contributed by atoms with Crippen molar-refractivity contribution in [1.82, 2.24) is 9.78 Å². The van der Waals surface area contributed by atoms with E-state index in [1.807, 2.05) is 48.3 Å². The highest BCUT2D eigenvalue weighted by Crippen LogP contribution is 2.14. The minimum atomic E-state index is 0.566. The Morgan fingerprint density at radius 3 is 2.56 bits per heavy atom. The minimum Gasteiger partial charge on any atom is -0.326 e. The van der Waals surface area contributed by atoms with Gasteiger partial charge in [0.15, 0.2) is 0 Å². The second-order valence-electron chi connectivity index (χ2n) is 3.82. The summed E-state index contributed by atoms with van der Waals surface area (Å²) in [5.74, 6) is 0. The van der Waals surface area contributed by atoms with E-state index in [-0.39, 0.29) is 0 Å². The van der Waals surface area contributed by atoms with Crippen LogP contribution in [0.5, 0.6) is 0 Å². The molecule has 2 rings (SSSR count). The van der Waals surface area contributed by atoms with Crippen LogP contribution < -0.4 is 5.73 Å². The average Bonchev–Trinajstić information content (AvgIpc) is 2.78. The Bertz CT molecular complexity index is 494. The number of benzene rings is 1. The van der Waals surface area contributed by atoms with Gasteiger partial charge in [0.25, 0.3) is 0 Å². The second-order valence-corrected chi connectivity index (χ2v) is 3.82. The van der Waals surface area contributed by atoms with Crippen molar-refractivity contribution < 1.29 is 0 Å².